The van der Waals surface area contributed by atoms with E-state index in [1.165, 1.54) is 0 Å². The van der Waals surface area contributed by atoms with Crippen molar-refractivity contribution >= 4 is 6.09 Å². The first-order chi connectivity index (χ1) is 11.7. The second-order valence-electron chi connectivity index (χ2n) is 7.20. The van der Waals surface area contributed by atoms with Crippen LogP contribution >= 0.6 is 0 Å². The number of methoxy groups -OCH3 is 1. The Hall–Kier alpha value is -0.890. The summed E-state index contributed by atoms with van der Waals surface area (Å²) >= 11 is 0. The molecule has 0 saturated carbocycles. The third kappa shape index (κ3) is 15.1. The third-order valence-corrected chi connectivity index (χ3v) is 3.72. The molecular weight excluding hydrogens is 326 g/mol. The molecule has 0 atom stereocenters. The molecular formula is C18H37NO6. The van der Waals surface area contributed by atoms with Gasteiger partial charge in [0.1, 0.15) is 0 Å². The average Bonchev–Trinajstić information content (AvgIpc) is 2.52. The molecule has 0 spiro atoms. The maximum atomic E-state index is 11.3. The maximum Gasteiger partial charge on any atom is 0.407 e. The number of hydrogen-bond donors (Lipinski definition) is 2. The second-order valence-corrected chi connectivity index (χ2v) is 7.20. The number of aliphatic hydroxyl groups is 1. The zero-order valence-electron chi connectivity index (χ0n) is 16.6. The van der Waals surface area contributed by atoms with Gasteiger partial charge in [-0.1, -0.05) is 0 Å². The van der Waals surface area contributed by atoms with Crippen LogP contribution in [0.25, 0.3) is 0 Å². The molecule has 0 saturated heterocycles. The molecule has 0 aromatic heterocycles. The fraction of sp³-hybridized carbons (Fsp3) is 0.944. The number of ether oxygens (including phenoxy) is 4. The summed E-state index contributed by atoms with van der Waals surface area (Å²) in [5, 5.41) is 11.3. The summed E-state index contributed by atoms with van der Waals surface area (Å²) in [5.74, 6) is 0. The van der Waals surface area contributed by atoms with Gasteiger partial charge >= 0.3 is 6.09 Å². The van der Waals surface area contributed by atoms with Crippen molar-refractivity contribution in [3.05, 3.63) is 0 Å². The van der Waals surface area contributed by atoms with Gasteiger partial charge in [-0.2, -0.15) is 0 Å². The van der Waals surface area contributed by atoms with Crippen molar-refractivity contribution in [2.75, 3.05) is 46.7 Å². The van der Waals surface area contributed by atoms with Crippen LogP contribution in [0.1, 0.15) is 53.4 Å². The predicted octanol–water partition coefficient (Wildman–Crippen LogP) is 2.50. The molecule has 0 bridgehead atoms. The lowest BCUT2D eigenvalue weighted by Crippen LogP contribution is -2.32. The Kier molecular flexibility index (Phi) is 12.9. The topological polar surface area (TPSA) is 86.2 Å². The summed E-state index contributed by atoms with van der Waals surface area (Å²) in [7, 11) is 1.69. The molecule has 7 heteroatoms. The summed E-state index contributed by atoms with van der Waals surface area (Å²) in [6, 6.07) is 0. The number of amides is 1. The van der Waals surface area contributed by atoms with Crippen molar-refractivity contribution in [2.24, 2.45) is 0 Å². The van der Waals surface area contributed by atoms with Gasteiger partial charge in [-0.3, -0.25) is 0 Å². The second kappa shape index (κ2) is 13.3. The third-order valence-electron chi connectivity index (χ3n) is 3.72. The maximum absolute atomic E-state index is 11.3. The Labute approximate surface area is 152 Å². The van der Waals surface area contributed by atoms with E-state index in [9.17, 15) is 4.79 Å². The number of hydrogen-bond acceptors (Lipinski definition) is 6. The van der Waals surface area contributed by atoms with E-state index >= 15 is 0 Å². The van der Waals surface area contributed by atoms with Gasteiger partial charge in [0.15, 0.2) is 0 Å². The first-order valence-corrected chi connectivity index (χ1v) is 9.01. The largest absolute Gasteiger partial charge is 0.449 e. The molecule has 0 aliphatic carbocycles. The van der Waals surface area contributed by atoms with Gasteiger partial charge in [-0.05, 0) is 47.0 Å². The highest BCUT2D eigenvalue weighted by molar-refractivity contribution is 5.66. The molecule has 0 radical (unpaired) electrons. The molecule has 0 fully saturated rings. The van der Waals surface area contributed by atoms with Crippen LogP contribution < -0.4 is 5.32 Å². The molecule has 0 unspecified atom stereocenters. The zero-order chi connectivity index (χ0) is 19.2. The highest BCUT2D eigenvalue weighted by Gasteiger charge is 2.22. The van der Waals surface area contributed by atoms with Gasteiger partial charge in [-0.25, -0.2) is 4.79 Å². The minimum atomic E-state index is -0.459. The average molecular weight is 363 g/mol. The number of carbonyl (C=O) groups is 1. The lowest BCUT2D eigenvalue weighted by atomic mass is 10.0. The van der Waals surface area contributed by atoms with E-state index in [1.54, 1.807) is 7.11 Å². The summed E-state index contributed by atoms with van der Waals surface area (Å²) in [6.07, 6.45) is 2.35. The summed E-state index contributed by atoms with van der Waals surface area (Å²) in [5.41, 5.74) is -0.481. The van der Waals surface area contributed by atoms with Gasteiger partial charge in [0.25, 0.3) is 0 Å². The van der Waals surface area contributed by atoms with E-state index in [-0.39, 0.29) is 24.4 Å². The van der Waals surface area contributed by atoms with E-state index in [4.69, 9.17) is 24.1 Å². The minimum absolute atomic E-state index is 0.0173. The molecule has 0 aromatic rings. The summed E-state index contributed by atoms with van der Waals surface area (Å²) in [6.45, 7) is 10.8. The lowest BCUT2D eigenvalue weighted by molar-refractivity contribution is -0.0791. The van der Waals surface area contributed by atoms with E-state index < -0.39 is 6.09 Å². The standard InChI is InChI=1S/C18H37NO6/c1-17(2,8-14-22-5)25-15-9-18(3,4)24-13-6-10-19-16(21)23-12-7-11-20/h20H,6-15H2,1-5H3,(H,19,21). The predicted molar refractivity (Wildman–Crippen MR) is 96.8 cm³/mol. The highest BCUT2D eigenvalue weighted by atomic mass is 16.5. The zero-order valence-corrected chi connectivity index (χ0v) is 16.6. The van der Waals surface area contributed by atoms with Crippen molar-refractivity contribution < 1.29 is 28.8 Å². The Morgan fingerprint density at radius 2 is 1.52 bits per heavy atom. The Balaban J connectivity index is 3.74. The quantitative estimate of drug-likeness (QED) is 0.435. The SMILES string of the molecule is COCCC(C)(C)OCCC(C)(C)OCCCNC(=O)OCCCO. The fourth-order valence-electron chi connectivity index (χ4n) is 1.96. The molecule has 0 aliphatic rings. The van der Waals surface area contributed by atoms with Crippen molar-refractivity contribution in [1.82, 2.24) is 5.32 Å². The first-order valence-electron chi connectivity index (χ1n) is 9.01. The lowest BCUT2D eigenvalue weighted by Gasteiger charge is -2.29. The number of carbonyl (C=O) groups excluding carboxylic acids is 1. The molecule has 0 heterocycles. The van der Waals surface area contributed by atoms with E-state index in [2.05, 4.69) is 19.2 Å². The highest BCUT2D eigenvalue weighted by Crippen LogP contribution is 2.19. The van der Waals surface area contributed by atoms with Crippen molar-refractivity contribution in [3.63, 3.8) is 0 Å². The first kappa shape index (κ1) is 24.1. The van der Waals surface area contributed by atoms with Gasteiger partial charge in [0, 0.05) is 39.9 Å². The van der Waals surface area contributed by atoms with Crippen LogP contribution in [0.3, 0.4) is 0 Å². The van der Waals surface area contributed by atoms with Crippen LogP contribution in [0, 0.1) is 0 Å². The molecule has 0 rings (SSSR count). The smallest absolute Gasteiger partial charge is 0.407 e. The molecule has 7 nitrogen and oxygen atoms in total. The van der Waals surface area contributed by atoms with Crippen LogP contribution in [0.15, 0.2) is 0 Å². The molecule has 0 aromatic carbocycles. The molecule has 2 N–H and O–H groups in total. The fourth-order valence-corrected chi connectivity index (χ4v) is 1.96. The van der Waals surface area contributed by atoms with Gasteiger partial charge < -0.3 is 29.4 Å². The van der Waals surface area contributed by atoms with Crippen molar-refractivity contribution in [3.8, 4) is 0 Å². The van der Waals surface area contributed by atoms with Gasteiger partial charge in [-0.15, -0.1) is 0 Å². The minimum Gasteiger partial charge on any atom is -0.449 e. The molecule has 1 amide bonds. The molecule has 25 heavy (non-hydrogen) atoms. The summed E-state index contributed by atoms with van der Waals surface area (Å²) < 4.78 is 21.8. The number of rotatable bonds is 15. The number of aliphatic hydroxyl groups excluding tert-OH is 1. The number of alkyl carbamates (subject to hydrolysis) is 1. The van der Waals surface area contributed by atoms with E-state index in [1.807, 2.05) is 13.8 Å². The Morgan fingerprint density at radius 3 is 2.12 bits per heavy atom. The van der Waals surface area contributed by atoms with Crippen LogP contribution in [-0.4, -0.2) is 69.1 Å². The van der Waals surface area contributed by atoms with Gasteiger partial charge in [0.05, 0.1) is 24.4 Å². The van der Waals surface area contributed by atoms with Gasteiger partial charge in [0.2, 0.25) is 0 Å². The van der Waals surface area contributed by atoms with Crippen LogP contribution in [0.2, 0.25) is 0 Å². The van der Waals surface area contributed by atoms with Crippen molar-refractivity contribution in [1.29, 1.82) is 0 Å². The summed E-state index contributed by atoms with van der Waals surface area (Å²) in [4.78, 5) is 11.3. The number of nitrogens with one attached hydrogen (secondary N) is 1. The van der Waals surface area contributed by atoms with E-state index in [0.29, 0.717) is 39.2 Å². The van der Waals surface area contributed by atoms with E-state index in [0.717, 1.165) is 12.8 Å². The van der Waals surface area contributed by atoms with Crippen LogP contribution in [-0.2, 0) is 18.9 Å². The molecule has 150 valence electrons. The van der Waals surface area contributed by atoms with Crippen LogP contribution in [0.5, 0.6) is 0 Å². The monoisotopic (exact) mass is 363 g/mol. The molecule has 0 aliphatic heterocycles. The Bertz CT molecular complexity index is 346. The van der Waals surface area contributed by atoms with Crippen molar-refractivity contribution in [2.45, 2.75) is 64.6 Å². The normalized spacial score (nSPS) is 12.2. The Morgan fingerprint density at radius 1 is 0.920 bits per heavy atom. The van der Waals surface area contributed by atoms with Crippen LogP contribution in [0.4, 0.5) is 4.79 Å².